The van der Waals surface area contributed by atoms with Gasteiger partial charge in [0, 0.05) is 48.9 Å². The number of aromatic nitrogens is 2. The number of aryl methyl sites for hydroxylation is 1. The van der Waals surface area contributed by atoms with E-state index in [4.69, 9.17) is 16.3 Å². The second-order valence-electron chi connectivity index (χ2n) is 6.09. The third-order valence-corrected chi connectivity index (χ3v) is 4.90. The standard InChI is InChI=1S/C18H24ClN3O/c1-3-22-14(2)16(11-20-22)12-21-8-9-23-17(13-21)10-15-6-4-5-7-18(15)19/h4-7,11,17H,3,8-10,12-13H2,1-2H3/t17-/m1/s1. The Bertz CT molecular complexity index is 655. The molecule has 0 bridgehead atoms. The summed E-state index contributed by atoms with van der Waals surface area (Å²) in [5.41, 5.74) is 3.74. The van der Waals surface area contributed by atoms with E-state index < -0.39 is 0 Å². The van der Waals surface area contributed by atoms with Crippen molar-refractivity contribution < 1.29 is 4.74 Å². The lowest BCUT2D eigenvalue weighted by molar-refractivity contribution is -0.0305. The zero-order valence-corrected chi connectivity index (χ0v) is 14.6. The Kier molecular flexibility index (Phi) is 5.36. The van der Waals surface area contributed by atoms with Crippen LogP contribution in [-0.4, -0.2) is 40.5 Å². The van der Waals surface area contributed by atoms with Gasteiger partial charge in [0.05, 0.1) is 18.9 Å². The molecule has 1 aromatic carbocycles. The van der Waals surface area contributed by atoms with E-state index in [2.05, 4.69) is 34.6 Å². The summed E-state index contributed by atoms with van der Waals surface area (Å²) in [6.07, 6.45) is 3.06. The highest BCUT2D eigenvalue weighted by atomic mass is 35.5. The number of hydrogen-bond acceptors (Lipinski definition) is 3. The number of rotatable bonds is 5. The fraction of sp³-hybridized carbons (Fsp3) is 0.500. The van der Waals surface area contributed by atoms with Crippen molar-refractivity contribution in [3.8, 4) is 0 Å². The number of nitrogens with zero attached hydrogens (tertiary/aromatic N) is 3. The molecular weight excluding hydrogens is 310 g/mol. The number of halogens is 1. The lowest BCUT2D eigenvalue weighted by Gasteiger charge is -2.33. The first kappa shape index (κ1) is 16.5. The van der Waals surface area contributed by atoms with Gasteiger partial charge in [0.2, 0.25) is 0 Å². The number of hydrogen-bond donors (Lipinski definition) is 0. The van der Waals surface area contributed by atoms with Crippen molar-refractivity contribution in [3.63, 3.8) is 0 Å². The van der Waals surface area contributed by atoms with Crippen LogP contribution in [0.5, 0.6) is 0 Å². The van der Waals surface area contributed by atoms with E-state index in [0.717, 1.165) is 49.8 Å². The summed E-state index contributed by atoms with van der Waals surface area (Å²) in [6.45, 7) is 8.80. The summed E-state index contributed by atoms with van der Waals surface area (Å²) in [6, 6.07) is 8.03. The van der Waals surface area contributed by atoms with Gasteiger partial charge in [-0.25, -0.2) is 0 Å². The van der Waals surface area contributed by atoms with Gasteiger partial charge in [-0.3, -0.25) is 9.58 Å². The molecule has 0 amide bonds. The first-order valence-corrected chi connectivity index (χ1v) is 8.63. The molecule has 124 valence electrons. The Balaban J connectivity index is 1.62. The van der Waals surface area contributed by atoms with Crippen molar-refractivity contribution in [1.82, 2.24) is 14.7 Å². The molecule has 1 aliphatic rings. The molecule has 0 spiro atoms. The van der Waals surface area contributed by atoms with Crippen LogP contribution in [0.4, 0.5) is 0 Å². The van der Waals surface area contributed by atoms with Gasteiger partial charge in [0.15, 0.2) is 0 Å². The van der Waals surface area contributed by atoms with Crippen LogP contribution >= 0.6 is 11.6 Å². The Labute approximate surface area is 143 Å². The predicted octanol–water partition coefficient (Wildman–Crippen LogP) is 3.31. The molecule has 0 radical (unpaired) electrons. The van der Waals surface area contributed by atoms with Gasteiger partial charge in [-0.15, -0.1) is 0 Å². The third-order valence-electron chi connectivity index (χ3n) is 4.53. The Morgan fingerprint density at radius 1 is 1.30 bits per heavy atom. The Morgan fingerprint density at radius 2 is 2.13 bits per heavy atom. The number of morpholine rings is 1. The molecule has 2 heterocycles. The number of benzene rings is 1. The molecule has 23 heavy (non-hydrogen) atoms. The molecule has 0 aliphatic carbocycles. The fourth-order valence-corrected chi connectivity index (χ4v) is 3.37. The number of ether oxygens (including phenoxy) is 1. The summed E-state index contributed by atoms with van der Waals surface area (Å²) in [7, 11) is 0. The van der Waals surface area contributed by atoms with Crippen molar-refractivity contribution in [3.05, 3.63) is 52.3 Å². The minimum atomic E-state index is 0.199. The summed E-state index contributed by atoms with van der Waals surface area (Å²) in [4.78, 5) is 2.45. The minimum Gasteiger partial charge on any atom is -0.375 e. The summed E-state index contributed by atoms with van der Waals surface area (Å²) < 4.78 is 7.99. The van der Waals surface area contributed by atoms with Crippen LogP contribution in [0.3, 0.4) is 0 Å². The molecule has 0 unspecified atom stereocenters. The van der Waals surface area contributed by atoms with E-state index in [-0.39, 0.29) is 6.10 Å². The highest BCUT2D eigenvalue weighted by Crippen LogP contribution is 2.20. The van der Waals surface area contributed by atoms with Crippen LogP contribution in [0.15, 0.2) is 30.5 Å². The van der Waals surface area contributed by atoms with Crippen molar-refractivity contribution in [1.29, 1.82) is 0 Å². The smallest absolute Gasteiger partial charge is 0.0743 e. The zero-order valence-electron chi connectivity index (χ0n) is 13.8. The van der Waals surface area contributed by atoms with Crippen LogP contribution in [0.2, 0.25) is 5.02 Å². The molecule has 3 rings (SSSR count). The normalized spacial score (nSPS) is 19.2. The second-order valence-corrected chi connectivity index (χ2v) is 6.50. The zero-order chi connectivity index (χ0) is 16.2. The first-order chi connectivity index (χ1) is 11.2. The van der Waals surface area contributed by atoms with E-state index in [1.807, 2.05) is 24.4 Å². The topological polar surface area (TPSA) is 30.3 Å². The minimum absolute atomic E-state index is 0.199. The van der Waals surface area contributed by atoms with Gasteiger partial charge in [0.1, 0.15) is 0 Å². The van der Waals surface area contributed by atoms with Crippen LogP contribution < -0.4 is 0 Å². The van der Waals surface area contributed by atoms with Gasteiger partial charge in [0.25, 0.3) is 0 Å². The van der Waals surface area contributed by atoms with Gasteiger partial charge in [-0.1, -0.05) is 29.8 Å². The molecule has 1 aliphatic heterocycles. The maximum Gasteiger partial charge on any atom is 0.0743 e. The van der Waals surface area contributed by atoms with Gasteiger partial charge < -0.3 is 4.74 Å². The van der Waals surface area contributed by atoms with Crippen LogP contribution in [0.1, 0.15) is 23.7 Å². The maximum atomic E-state index is 6.27. The van der Waals surface area contributed by atoms with Crippen LogP contribution in [0, 0.1) is 6.92 Å². The van der Waals surface area contributed by atoms with Crippen molar-refractivity contribution in [2.45, 2.75) is 39.5 Å². The summed E-state index contributed by atoms with van der Waals surface area (Å²) in [5, 5.41) is 5.27. The molecule has 5 heteroatoms. The largest absolute Gasteiger partial charge is 0.375 e. The van der Waals surface area contributed by atoms with Gasteiger partial charge >= 0.3 is 0 Å². The van der Waals surface area contributed by atoms with Crippen molar-refractivity contribution in [2.24, 2.45) is 0 Å². The summed E-state index contributed by atoms with van der Waals surface area (Å²) in [5.74, 6) is 0. The molecule has 1 aromatic heterocycles. The van der Waals surface area contributed by atoms with E-state index in [1.165, 1.54) is 11.3 Å². The molecule has 4 nitrogen and oxygen atoms in total. The fourth-order valence-electron chi connectivity index (χ4n) is 3.16. The monoisotopic (exact) mass is 333 g/mol. The molecule has 1 fully saturated rings. The second kappa shape index (κ2) is 7.47. The molecule has 1 saturated heterocycles. The van der Waals surface area contributed by atoms with Crippen molar-refractivity contribution >= 4 is 11.6 Å². The first-order valence-electron chi connectivity index (χ1n) is 8.26. The van der Waals surface area contributed by atoms with E-state index >= 15 is 0 Å². The van der Waals surface area contributed by atoms with Gasteiger partial charge in [-0.2, -0.15) is 5.10 Å². The lowest BCUT2D eigenvalue weighted by Crippen LogP contribution is -2.42. The maximum absolute atomic E-state index is 6.27. The highest BCUT2D eigenvalue weighted by molar-refractivity contribution is 6.31. The predicted molar refractivity (Wildman–Crippen MR) is 92.8 cm³/mol. The SMILES string of the molecule is CCn1ncc(CN2CCO[C@H](Cc3ccccc3Cl)C2)c1C. The third kappa shape index (κ3) is 3.94. The average molecular weight is 334 g/mol. The molecular formula is C18H24ClN3O. The van der Waals surface area contributed by atoms with E-state index in [1.54, 1.807) is 0 Å². The van der Waals surface area contributed by atoms with E-state index in [0.29, 0.717) is 0 Å². The average Bonchev–Trinajstić information content (AvgIpc) is 2.90. The van der Waals surface area contributed by atoms with Gasteiger partial charge in [-0.05, 0) is 25.5 Å². The molecule has 0 saturated carbocycles. The Hall–Kier alpha value is -1.36. The molecule has 0 N–H and O–H groups in total. The lowest BCUT2D eigenvalue weighted by atomic mass is 10.1. The van der Waals surface area contributed by atoms with E-state index in [9.17, 15) is 0 Å². The van der Waals surface area contributed by atoms with Crippen LogP contribution in [0.25, 0.3) is 0 Å². The van der Waals surface area contributed by atoms with Crippen molar-refractivity contribution in [2.75, 3.05) is 19.7 Å². The summed E-state index contributed by atoms with van der Waals surface area (Å²) >= 11 is 6.27. The molecule has 1 atom stereocenters. The van der Waals surface area contributed by atoms with Crippen LogP contribution in [-0.2, 0) is 24.2 Å². The quantitative estimate of drug-likeness (QED) is 0.841. The highest BCUT2D eigenvalue weighted by Gasteiger charge is 2.22. The molecule has 2 aromatic rings. The Morgan fingerprint density at radius 3 is 2.87 bits per heavy atom.